The van der Waals surface area contributed by atoms with Gasteiger partial charge in [0.15, 0.2) is 0 Å². The molecule has 0 rings (SSSR count). The molecule has 1 nitrogen and oxygen atoms in total. The van der Waals surface area contributed by atoms with Gasteiger partial charge in [-0.05, 0) is 0 Å². The Morgan fingerprint density at radius 1 is 1.00 bits per heavy atom. The van der Waals surface area contributed by atoms with E-state index in [2.05, 4.69) is 0 Å². The fourth-order valence-corrected chi connectivity index (χ4v) is 0. The van der Waals surface area contributed by atoms with Crippen molar-refractivity contribution in [2.45, 2.75) is 0 Å². The molecule has 0 unspecified atom stereocenters. The monoisotopic (exact) mass is 321 g/mol. The van der Waals surface area contributed by atoms with E-state index in [0.717, 1.165) is 0 Å². The number of hydrogen-bond donors (Lipinski definition) is 0. The zero-order valence-electron chi connectivity index (χ0n) is 2.30. The molecule has 0 aromatic rings. The van der Waals surface area contributed by atoms with Gasteiger partial charge in [-0.3, -0.25) is 0 Å². The second kappa shape index (κ2) is 36.4. The molecule has 0 aromatic heterocycles. The molecule has 0 atom stereocenters. The van der Waals surface area contributed by atoms with Crippen molar-refractivity contribution >= 4 is 70.2 Å². The molecule has 0 spiro atoms. The van der Waals surface area contributed by atoms with Crippen molar-refractivity contribution in [2.24, 2.45) is 0 Å². The third-order valence-electron chi connectivity index (χ3n) is 0. The van der Waals surface area contributed by atoms with Crippen molar-refractivity contribution in [1.82, 2.24) is 6.15 Å². The Hall–Kier alpha value is 2.07. The minimum atomic E-state index is 0. The maximum absolute atomic E-state index is 0. The van der Waals surface area contributed by atoms with Gasteiger partial charge in [-0.15, -0.1) is 0 Å². The Labute approximate surface area is 75.7 Å². The van der Waals surface area contributed by atoms with Crippen LogP contribution in [0.4, 0.5) is 0 Å². The van der Waals surface area contributed by atoms with Crippen molar-refractivity contribution in [1.29, 1.82) is 0 Å². The molecule has 0 heterocycles. The van der Waals surface area contributed by atoms with E-state index < -0.39 is 0 Å². The summed E-state index contributed by atoms with van der Waals surface area (Å²) >= 11 is 0. The van der Waals surface area contributed by atoms with Crippen LogP contribution in [0.1, 0.15) is 0 Å². The first-order valence-corrected chi connectivity index (χ1v) is 0. The van der Waals surface area contributed by atoms with Crippen molar-refractivity contribution in [2.75, 3.05) is 0 Å². The molecule has 5 heavy (non-hydrogen) atoms. The summed E-state index contributed by atoms with van der Waals surface area (Å²) in [6.45, 7) is 0. The van der Waals surface area contributed by atoms with E-state index in [9.17, 15) is 0 Å². The third-order valence-corrected chi connectivity index (χ3v) is 0. The summed E-state index contributed by atoms with van der Waals surface area (Å²) in [6, 6.07) is 0. The van der Waals surface area contributed by atoms with Crippen LogP contribution in [0.2, 0.25) is 0 Å². The minimum absolute atomic E-state index is 0. The second-order valence-electron chi connectivity index (χ2n) is 0. The van der Waals surface area contributed by atoms with E-state index in [0.29, 0.717) is 0 Å². The first-order chi connectivity index (χ1) is 0. The van der Waals surface area contributed by atoms with E-state index in [1.165, 1.54) is 0 Å². The largest absolute Gasteiger partial charge is 0 e. The summed E-state index contributed by atoms with van der Waals surface area (Å²) in [4.78, 5) is 0. The Bertz CT molecular complexity index is 11.6. The van der Waals surface area contributed by atoms with Gasteiger partial charge in [0.05, 0.1) is 0 Å². The molecule has 0 aliphatic heterocycles. The molecule has 0 fully saturated rings. The summed E-state index contributed by atoms with van der Waals surface area (Å²) < 4.78 is 0. The zero-order valence-corrected chi connectivity index (χ0v) is 9.61. The van der Waals surface area contributed by atoms with Gasteiger partial charge in [-0.25, -0.2) is 0 Å². The van der Waals surface area contributed by atoms with Crippen LogP contribution >= 0.6 is 0 Å². The van der Waals surface area contributed by atoms with E-state index >= 15 is 0 Å². The maximum Gasteiger partial charge on any atom is 0 e. The number of nitrogens with zero attached hydrogens (tertiary/aromatic N) is 1. The van der Waals surface area contributed by atoms with Gasteiger partial charge in [0.25, 0.3) is 0 Å². The third kappa shape index (κ3) is 23.5. The Morgan fingerprint density at radius 2 is 1.00 bits per heavy atom. The van der Waals surface area contributed by atoms with Crippen LogP contribution in [0.5, 0.6) is 0 Å². The molecule has 24 valence electrons. The normalized spacial score (nSPS) is 0. The van der Waals surface area contributed by atoms with Gasteiger partial charge in [0.1, 0.15) is 0 Å². The van der Waals surface area contributed by atoms with Gasteiger partial charge in [-0.2, -0.15) is 0 Å². The van der Waals surface area contributed by atoms with Crippen LogP contribution in [-0.4, -0.2) is 70.2 Å². The molecule has 0 bridgehead atoms. The number of rotatable bonds is 0. The van der Waals surface area contributed by atoms with Crippen LogP contribution < -0.4 is 6.15 Å². The minimum Gasteiger partial charge on any atom is 0 e. The smallest absolute Gasteiger partial charge is 0 e. The van der Waals surface area contributed by atoms with Crippen LogP contribution in [-0.2, 0) is 0 Å². The Kier molecular flexibility index (Phi) is 444. The molecule has 0 amide bonds. The van der Waals surface area contributed by atoms with E-state index in [4.69, 9.17) is 0 Å². The van der Waals surface area contributed by atoms with Crippen molar-refractivity contribution < 1.29 is 0 Å². The van der Waals surface area contributed by atoms with E-state index in [1.807, 2.05) is 0 Å². The first kappa shape index (κ1) is 60.9. The average molecular weight is 317 g/mol. The average Bonchev–Trinajstić information content (AvgIpc) is 0. The standard InChI is InChI=1S/As.Ge.N.Si.Te. The van der Waals surface area contributed by atoms with Crippen molar-refractivity contribution in [3.05, 3.63) is 0 Å². The molecule has 0 saturated carbocycles. The molecule has 0 aliphatic rings. The fourth-order valence-electron chi connectivity index (χ4n) is 0. The molecular formula is AsGeNSiTe. The predicted octanol–water partition coefficient (Wildman–Crippen LogP) is -2.00. The SMILES string of the molecule is [As].[Ge].[N].[Si].[Te]. The van der Waals surface area contributed by atoms with Gasteiger partial charge < -0.3 is 0 Å². The van der Waals surface area contributed by atoms with Gasteiger partial charge >= 0.3 is 0 Å². The molecule has 16 radical (unpaired) electrons. The van der Waals surface area contributed by atoms with Gasteiger partial charge in [0.2, 0.25) is 0 Å². The van der Waals surface area contributed by atoms with Crippen LogP contribution in [0, 0.1) is 0 Å². The predicted molar refractivity (Wildman–Crippen MR) is 25.1 cm³/mol. The molecule has 5 heteroatoms. The van der Waals surface area contributed by atoms with Crippen LogP contribution in [0.25, 0.3) is 0 Å². The Balaban J connectivity index is 0. The van der Waals surface area contributed by atoms with Gasteiger partial charge in [-0.1, -0.05) is 0 Å². The fraction of sp³-hybridized carbons (Fsp3) is 0. The topological polar surface area (TPSA) is 30.5 Å². The second-order valence-corrected chi connectivity index (χ2v) is 0. The molecular weight excluding hydrogens is 317 g/mol. The van der Waals surface area contributed by atoms with E-state index in [-0.39, 0.29) is 76.3 Å². The number of hydrogen-bond acceptors (Lipinski definition) is 0. The van der Waals surface area contributed by atoms with Crippen molar-refractivity contribution in [3.63, 3.8) is 0 Å². The van der Waals surface area contributed by atoms with E-state index in [1.54, 1.807) is 0 Å². The van der Waals surface area contributed by atoms with Crippen molar-refractivity contribution in [3.8, 4) is 0 Å². The summed E-state index contributed by atoms with van der Waals surface area (Å²) in [5, 5.41) is 0. The maximum atomic E-state index is 0. The first-order valence-electron chi connectivity index (χ1n) is 0. The summed E-state index contributed by atoms with van der Waals surface area (Å²) in [6.07, 6.45) is 0. The summed E-state index contributed by atoms with van der Waals surface area (Å²) in [5.41, 5.74) is 0. The summed E-state index contributed by atoms with van der Waals surface area (Å²) in [5.74, 6) is 0. The quantitative estimate of drug-likeness (QED) is 0.463. The van der Waals surface area contributed by atoms with Gasteiger partial charge in [0, 0.05) is 76.3 Å². The molecule has 0 aromatic carbocycles. The molecule has 0 aliphatic carbocycles. The molecule has 0 saturated heterocycles. The Morgan fingerprint density at radius 3 is 1.00 bits per heavy atom. The molecule has 0 N–H and O–H groups in total. The van der Waals surface area contributed by atoms with Crippen LogP contribution in [0.15, 0.2) is 0 Å². The summed E-state index contributed by atoms with van der Waals surface area (Å²) in [7, 11) is 0. The zero-order chi connectivity index (χ0) is 0. The van der Waals surface area contributed by atoms with Crippen LogP contribution in [0.3, 0.4) is 0 Å².